The lowest BCUT2D eigenvalue weighted by atomic mass is 10.1. The number of methoxy groups -OCH3 is 1. The zero-order valence-electron chi connectivity index (χ0n) is 27.0. The molecule has 1 unspecified atom stereocenters. The number of ether oxygens (including phenoxy) is 1. The van der Waals surface area contributed by atoms with Gasteiger partial charge in [0, 0.05) is 37.9 Å². The van der Waals surface area contributed by atoms with Gasteiger partial charge in [-0.2, -0.15) is 0 Å². The quantitative estimate of drug-likeness (QED) is 0.0609. The summed E-state index contributed by atoms with van der Waals surface area (Å²) in [5.41, 5.74) is 0. The molecule has 0 bridgehead atoms. The second kappa shape index (κ2) is 27.4. The molecule has 0 aliphatic heterocycles. The molecule has 1 atom stereocenters. The van der Waals surface area contributed by atoms with Gasteiger partial charge in [0.1, 0.15) is 12.6 Å². The number of amides is 2. The van der Waals surface area contributed by atoms with Crippen molar-refractivity contribution >= 4 is 17.8 Å². The summed E-state index contributed by atoms with van der Waals surface area (Å²) in [5.74, 6) is -0.376. The summed E-state index contributed by atoms with van der Waals surface area (Å²) in [6.07, 6.45) is 27.7. The van der Waals surface area contributed by atoms with Gasteiger partial charge >= 0.3 is 5.97 Å². The molecule has 0 aliphatic carbocycles. The highest BCUT2D eigenvalue weighted by Gasteiger charge is 2.20. The second-order valence-electron chi connectivity index (χ2n) is 11.8. The van der Waals surface area contributed by atoms with Crippen molar-refractivity contribution in [3.63, 3.8) is 0 Å². The van der Waals surface area contributed by atoms with Gasteiger partial charge in [-0.15, -0.1) is 0 Å². The fourth-order valence-electron chi connectivity index (χ4n) is 5.27. The van der Waals surface area contributed by atoms with Gasteiger partial charge in [-0.25, -0.2) is 9.36 Å². The molecule has 1 heterocycles. The lowest BCUT2D eigenvalue weighted by Gasteiger charge is -2.16. The number of unbranched alkanes of at least 4 members (excludes halogenated alkanes) is 16. The monoisotopic (exact) mass is 588 g/mol. The van der Waals surface area contributed by atoms with E-state index in [-0.39, 0.29) is 11.8 Å². The SMILES string of the molecule is CCCCCCCCCCCC(=O)NCCCCC(NC(=O)CCCCCCCCCC[n+]1ccccc1)C(=O)OC. The van der Waals surface area contributed by atoms with Crippen molar-refractivity contribution in [2.75, 3.05) is 13.7 Å². The topological polar surface area (TPSA) is 88.4 Å². The molecule has 240 valence electrons. The fourth-order valence-corrected chi connectivity index (χ4v) is 5.27. The first-order chi connectivity index (χ1) is 20.6. The Bertz CT molecular complexity index is 803. The molecule has 0 saturated carbocycles. The number of carbonyl (C=O) groups is 3. The van der Waals surface area contributed by atoms with Crippen molar-refractivity contribution in [2.45, 2.75) is 161 Å². The molecule has 0 spiro atoms. The van der Waals surface area contributed by atoms with Crippen LogP contribution in [0.1, 0.15) is 148 Å². The van der Waals surface area contributed by atoms with E-state index in [9.17, 15) is 14.4 Å². The number of nitrogens with one attached hydrogen (secondary N) is 2. The maximum atomic E-state index is 12.4. The maximum Gasteiger partial charge on any atom is 0.328 e. The summed E-state index contributed by atoms with van der Waals surface area (Å²) in [7, 11) is 1.36. The number of nitrogens with zero attached hydrogens (tertiary/aromatic N) is 1. The Morgan fingerprint density at radius 3 is 1.74 bits per heavy atom. The van der Waals surface area contributed by atoms with Crippen LogP contribution >= 0.6 is 0 Å². The third-order valence-electron chi connectivity index (χ3n) is 7.92. The Morgan fingerprint density at radius 1 is 0.643 bits per heavy atom. The summed E-state index contributed by atoms with van der Waals surface area (Å²) in [4.78, 5) is 36.7. The molecular weight excluding hydrogens is 526 g/mol. The van der Waals surface area contributed by atoms with E-state index in [4.69, 9.17) is 4.74 Å². The molecule has 1 aromatic rings. The Labute approximate surface area is 257 Å². The molecule has 2 amide bonds. The van der Waals surface area contributed by atoms with E-state index in [0.717, 1.165) is 51.5 Å². The van der Waals surface area contributed by atoms with E-state index in [1.165, 1.54) is 84.2 Å². The zero-order valence-corrected chi connectivity index (χ0v) is 27.0. The summed E-state index contributed by atoms with van der Waals surface area (Å²) >= 11 is 0. The number of hydrogen-bond donors (Lipinski definition) is 2. The molecule has 0 fully saturated rings. The number of aryl methyl sites for hydroxylation is 1. The number of hydrogen-bond acceptors (Lipinski definition) is 4. The Balaban J connectivity index is 2.01. The van der Waals surface area contributed by atoms with Crippen molar-refractivity contribution in [3.8, 4) is 0 Å². The maximum absolute atomic E-state index is 12.4. The predicted octanol–water partition coefficient (Wildman–Crippen LogP) is 7.35. The summed E-state index contributed by atoms with van der Waals surface area (Å²) in [6, 6.07) is 5.57. The first-order valence-electron chi connectivity index (χ1n) is 17.1. The van der Waals surface area contributed by atoms with Gasteiger partial charge in [-0.05, 0) is 38.5 Å². The van der Waals surface area contributed by atoms with Crippen molar-refractivity contribution in [2.24, 2.45) is 0 Å². The minimum atomic E-state index is -0.616. The Morgan fingerprint density at radius 2 is 1.17 bits per heavy atom. The predicted molar refractivity (Wildman–Crippen MR) is 171 cm³/mol. The van der Waals surface area contributed by atoms with Crippen LogP contribution in [0.5, 0.6) is 0 Å². The first kappa shape index (κ1) is 37.6. The van der Waals surface area contributed by atoms with Crippen LogP contribution in [0.2, 0.25) is 0 Å². The minimum Gasteiger partial charge on any atom is -0.467 e. The van der Waals surface area contributed by atoms with Crippen LogP contribution in [-0.4, -0.2) is 37.5 Å². The molecule has 1 rings (SSSR count). The third kappa shape index (κ3) is 22.2. The average Bonchev–Trinajstić information content (AvgIpc) is 3.00. The van der Waals surface area contributed by atoms with Gasteiger partial charge in [0.2, 0.25) is 11.8 Å². The van der Waals surface area contributed by atoms with Crippen LogP contribution in [0.4, 0.5) is 0 Å². The molecular formula is C35H62N3O4+. The Hall–Kier alpha value is -2.44. The molecule has 2 N–H and O–H groups in total. The molecule has 7 heteroatoms. The van der Waals surface area contributed by atoms with Gasteiger partial charge in [-0.1, -0.05) is 96.5 Å². The minimum absolute atomic E-state index is 0.0851. The van der Waals surface area contributed by atoms with Crippen molar-refractivity contribution in [1.29, 1.82) is 0 Å². The molecule has 0 aliphatic rings. The van der Waals surface area contributed by atoms with Crippen LogP contribution in [-0.2, 0) is 25.7 Å². The van der Waals surface area contributed by atoms with E-state index in [1.54, 1.807) is 0 Å². The van der Waals surface area contributed by atoms with Crippen LogP contribution in [0.25, 0.3) is 0 Å². The first-order valence-corrected chi connectivity index (χ1v) is 17.1. The van der Waals surface area contributed by atoms with Crippen LogP contribution in [0.15, 0.2) is 30.6 Å². The summed E-state index contributed by atoms with van der Waals surface area (Å²) < 4.78 is 7.14. The number of esters is 1. The van der Waals surface area contributed by atoms with Gasteiger partial charge in [0.05, 0.1) is 7.11 Å². The molecule has 1 aromatic heterocycles. The number of rotatable bonds is 28. The van der Waals surface area contributed by atoms with E-state index >= 15 is 0 Å². The number of pyridine rings is 1. The summed E-state index contributed by atoms with van der Waals surface area (Å²) in [6.45, 7) is 3.92. The largest absolute Gasteiger partial charge is 0.467 e. The van der Waals surface area contributed by atoms with E-state index in [1.807, 2.05) is 6.07 Å². The zero-order chi connectivity index (χ0) is 30.5. The van der Waals surface area contributed by atoms with Crippen LogP contribution in [0, 0.1) is 0 Å². The highest BCUT2D eigenvalue weighted by Crippen LogP contribution is 2.12. The molecule has 0 aromatic carbocycles. The van der Waals surface area contributed by atoms with E-state index in [2.05, 4.69) is 46.7 Å². The van der Waals surface area contributed by atoms with E-state index < -0.39 is 12.0 Å². The van der Waals surface area contributed by atoms with Crippen molar-refractivity contribution in [1.82, 2.24) is 10.6 Å². The van der Waals surface area contributed by atoms with E-state index in [0.29, 0.717) is 25.8 Å². The van der Waals surface area contributed by atoms with Gasteiger partial charge in [0.15, 0.2) is 12.4 Å². The normalized spacial score (nSPS) is 11.7. The highest BCUT2D eigenvalue weighted by atomic mass is 16.5. The lowest BCUT2D eigenvalue weighted by Crippen LogP contribution is -2.41. The van der Waals surface area contributed by atoms with Gasteiger partial charge in [0.25, 0.3) is 0 Å². The van der Waals surface area contributed by atoms with Gasteiger partial charge in [-0.3, -0.25) is 9.59 Å². The fraction of sp³-hybridized carbons (Fsp3) is 0.771. The van der Waals surface area contributed by atoms with Crippen LogP contribution < -0.4 is 15.2 Å². The van der Waals surface area contributed by atoms with Crippen molar-refractivity contribution in [3.05, 3.63) is 30.6 Å². The van der Waals surface area contributed by atoms with Gasteiger partial charge < -0.3 is 15.4 Å². The molecule has 0 saturated heterocycles. The summed E-state index contributed by atoms with van der Waals surface area (Å²) in [5, 5.41) is 5.85. The molecule has 42 heavy (non-hydrogen) atoms. The standard InChI is InChI=1S/C35H61N3O4/c1-3-4-5-6-7-8-11-14-18-26-33(39)36-28-21-20-25-32(35(41)42-2)37-34(40)27-19-15-12-9-10-13-16-22-29-38-30-23-17-24-31-38/h17,23-24,30-32H,3-16,18-22,25-29H2,1-2H3,(H-,36,37,39,40)/p+1. The smallest absolute Gasteiger partial charge is 0.328 e. The molecule has 7 nitrogen and oxygen atoms in total. The third-order valence-corrected chi connectivity index (χ3v) is 7.92. The van der Waals surface area contributed by atoms with Crippen molar-refractivity contribution < 1.29 is 23.7 Å². The average molecular weight is 589 g/mol. The van der Waals surface area contributed by atoms with Crippen LogP contribution in [0.3, 0.4) is 0 Å². The lowest BCUT2D eigenvalue weighted by molar-refractivity contribution is -0.697. The Kier molecular flexibility index (Phi) is 24.5. The highest BCUT2D eigenvalue weighted by molar-refractivity contribution is 5.84. The number of carbonyl (C=O) groups excluding carboxylic acids is 3. The second-order valence-corrected chi connectivity index (χ2v) is 11.8. The molecule has 0 radical (unpaired) electrons. The number of aromatic nitrogens is 1.